The minimum absolute atomic E-state index is 0.0393. The van der Waals surface area contributed by atoms with Crippen LogP contribution in [-0.4, -0.2) is 47.3 Å². The number of rotatable bonds is 5. The van der Waals surface area contributed by atoms with Crippen LogP contribution in [0, 0.1) is 5.92 Å². The first kappa shape index (κ1) is 17.7. The zero-order valence-electron chi connectivity index (χ0n) is 14.3. The van der Waals surface area contributed by atoms with Gasteiger partial charge in [0.15, 0.2) is 12.3 Å². The smallest absolute Gasteiger partial charge is 0.359 e. The molecule has 1 amide bonds. The van der Waals surface area contributed by atoms with Gasteiger partial charge in [0.25, 0.3) is 11.5 Å². The number of amides is 1. The lowest BCUT2D eigenvalue weighted by Gasteiger charge is -2.13. The van der Waals surface area contributed by atoms with Crippen molar-refractivity contribution >= 4 is 22.6 Å². The highest BCUT2D eigenvalue weighted by Gasteiger charge is 2.19. The molecule has 1 aromatic heterocycles. The summed E-state index contributed by atoms with van der Waals surface area (Å²) in [4.78, 5) is 37.8. The second-order valence-electron chi connectivity index (χ2n) is 6.14. The summed E-state index contributed by atoms with van der Waals surface area (Å²) in [5, 5.41) is 4.99. The lowest BCUT2D eigenvalue weighted by Crippen LogP contribution is -2.30. The molecule has 1 aromatic carbocycles. The van der Waals surface area contributed by atoms with E-state index in [0.717, 1.165) is 0 Å². The minimum atomic E-state index is -0.723. The highest BCUT2D eigenvalue weighted by molar-refractivity contribution is 6.02. The van der Waals surface area contributed by atoms with E-state index in [1.165, 1.54) is 9.58 Å². The van der Waals surface area contributed by atoms with Crippen LogP contribution in [0.5, 0.6) is 0 Å². The van der Waals surface area contributed by atoms with Crippen molar-refractivity contribution in [1.82, 2.24) is 14.7 Å². The van der Waals surface area contributed by atoms with Crippen molar-refractivity contribution < 1.29 is 14.3 Å². The molecule has 2 aromatic rings. The second kappa shape index (κ2) is 7.25. The topological polar surface area (TPSA) is 81.5 Å². The summed E-state index contributed by atoms with van der Waals surface area (Å²) in [6.07, 6.45) is 0. The monoisotopic (exact) mass is 331 g/mol. The Hall–Kier alpha value is -2.70. The van der Waals surface area contributed by atoms with Gasteiger partial charge in [0, 0.05) is 26.0 Å². The van der Waals surface area contributed by atoms with Crippen molar-refractivity contribution in [3.05, 3.63) is 40.3 Å². The van der Waals surface area contributed by atoms with Crippen molar-refractivity contribution in [3.8, 4) is 0 Å². The lowest BCUT2D eigenvalue weighted by atomic mass is 10.1. The standard InChI is InChI=1S/C17H21N3O4/c1-11(2)9-20-16(22)13-8-6-5-7-12(13)15(18-20)17(23)24-10-14(21)19(3)4/h5-8,11H,9-10H2,1-4H3. The number of esters is 1. The molecular formula is C17H21N3O4. The molecule has 7 nitrogen and oxygen atoms in total. The number of aromatic nitrogens is 2. The fourth-order valence-corrected chi connectivity index (χ4v) is 2.18. The molecule has 0 aliphatic heterocycles. The van der Waals surface area contributed by atoms with Crippen molar-refractivity contribution in [1.29, 1.82) is 0 Å². The molecule has 0 aliphatic carbocycles. The summed E-state index contributed by atoms with van der Waals surface area (Å²) < 4.78 is 6.33. The molecule has 0 bridgehead atoms. The molecule has 128 valence electrons. The van der Waals surface area contributed by atoms with Gasteiger partial charge in [0.1, 0.15) is 0 Å². The van der Waals surface area contributed by atoms with Crippen LogP contribution in [0.1, 0.15) is 24.3 Å². The quantitative estimate of drug-likeness (QED) is 0.771. The fraction of sp³-hybridized carbons (Fsp3) is 0.412. The minimum Gasteiger partial charge on any atom is -0.451 e. The average Bonchev–Trinajstić information content (AvgIpc) is 2.54. The van der Waals surface area contributed by atoms with Crippen LogP contribution < -0.4 is 5.56 Å². The highest BCUT2D eigenvalue weighted by Crippen LogP contribution is 2.14. The number of nitrogens with zero attached hydrogens (tertiary/aromatic N) is 3. The Labute approximate surface area is 139 Å². The largest absolute Gasteiger partial charge is 0.451 e. The average molecular weight is 331 g/mol. The predicted molar refractivity (Wildman–Crippen MR) is 89.8 cm³/mol. The van der Waals surface area contributed by atoms with E-state index in [1.54, 1.807) is 38.4 Å². The van der Waals surface area contributed by atoms with Gasteiger partial charge in [-0.3, -0.25) is 9.59 Å². The van der Waals surface area contributed by atoms with Gasteiger partial charge in [-0.25, -0.2) is 9.48 Å². The van der Waals surface area contributed by atoms with Crippen LogP contribution in [-0.2, 0) is 16.1 Å². The van der Waals surface area contributed by atoms with Crippen LogP contribution in [0.3, 0.4) is 0 Å². The third-order valence-corrected chi connectivity index (χ3v) is 3.42. The third-order valence-electron chi connectivity index (χ3n) is 3.42. The summed E-state index contributed by atoms with van der Waals surface area (Å²) in [6.45, 7) is 3.93. The van der Waals surface area contributed by atoms with Crippen LogP contribution in [0.25, 0.3) is 10.8 Å². The van der Waals surface area contributed by atoms with E-state index >= 15 is 0 Å². The molecule has 0 aliphatic rings. The van der Waals surface area contributed by atoms with E-state index in [1.807, 2.05) is 13.8 Å². The lowest BCUT2D eigenvalue weighted by molar-refractivity contribution is -0.131. The number of likely N-dealkylation sites (N-methyl/N-ethyl adjacent to an activating group) is 1. The molecule has 0 saturated carbocycles. The van der Waals surface area contributed by atoms with Gasteiger partial charge in [-0.05, 0) is 12.0 Å². The van der Waals surface area contributed by atoms with E-state index in [-0.39, 0.29) is 29.7 Å². The number of benzene rings is 1. The molecule has 24 heavy (non-hydrogen) atoms. The Morgan fingerprint density at radius 2 is 1.83 bits per heavy atom. The number of fused-ring (bicyclic) bond motifs is 1. The number of carbonyl (C=O) groups excluding carboxylic acids is 2. The van der Waals surface area contributed by atoms with Crippen LogP contribution in [0.2, 0.25) is 0 Å². The first-order valence-corrected chi connectivity index (χ1v) is 7.68. The van der Waals surface area contributed by atoms with Gasteiger partial charge in [0.05, 0.1) is 5.39 Å². The molecule has 0 radical (unpaired) electrons. The van der Waals surface area contributed by atoms with Crippen molar-refractivity contribution in [2.24, 2.45) is 5.92 Å². The molecule has 0 N–H and O–H groups in total. The Balaban J connectivity index is 2.44. The van der Waals surface area contributed by atoms with Gasteiger partial charge in [0.2, 0.25) is 0 Å². The Bertz CT molecular complexity index is 824. The van der Waals surface area contributed by atoms with Crippen LogP contribution >= 0.6 is 0 Å². The SMILES string of the molecule is CC(C)Cn1nc(C(=O)OCC(=O)N(C)C)c2ccccc2c1=O. The summed E-state index contributed by atoms with van der Waals surface area (Å²) in [5.74, 6) is -0.863. The van der Waals surface area contributed by atoms with Gasteiger partial charge >= 0.3 is 5.97 Å². The molecule has 2 rings (SSSR count). The summed E-state index contributed by atoms with van der Waals surface area (Å²) in [6, 6.07) is 6.75. The number of hydrogen-bond acceptors (Lipinski definition) is 5. The predicted octanol–water partition coefficient (Wildman–Crippen LogP) is 1.30. The van der Waals surface area contributed by atoms with E-state index in [9.17, 15) is 14.4 Å². The van der Waals surface area contributed by atoms with Crippen molar-refractivity contribution in [2.45, 2.75) is 20.4 Å². The second-order valence-corrected chi connectivity index (χ2v) is 6.14. The Morgan fingerprint density at radius 1 is 1.21 bits per heavy atom. The zero-order chi connectivity index (χ0) is 17.9. The summed E-state index contributed by atoms with van der Waals surface area (Å²) >= 11 is 0. The number of hydrogen-bond donors (Lipinski definition) is 0. The molecule has 7 heteroatoms. The molecule has 0 spiro atoms. The zero-order valence-corrected chi connectivity index (χ0v) is 14.3. The van der Waals surface area contributed by atoms with Crippen LogP contribution in [0.15, 0.2) is 29.1 Å². The van der Waals surface area contributed by atoms with Gasteiger partial charge in [-0.1, -0.05) is 32.0 Å². The van der Waals surface area contributed by atoms with E-state index < -0.39 is 5.97 Å². The molecule has 0 fully saturated rings. The highest BCUT2D eigenvalue weighted by atomic mass is 16.5. The Morgan fingerprint density at radius 3 is 2.42 bits per heavy atom. The maximum Gasteiger partial charge on any atom is 0.359 e. The molecule has 0 saturated heterocycles. The molecule has 0 unspecified atom stereocenters. The molecule has 0 atom stereocenters. The van der Waals surface area contributed by atoms with E-state index in [4.69, 9.17) is 4.74 Å². The summed E-state index contributed by atoms with van der Waals surface area (Å²) in [5.41, 5.74) is -0.211. The van der Waals surface area contributed by atoms with Gasteiger partial charge < -0.3 is 9.64 Å². The maximum atomic E-state index is 12.5. The normalized spacial score (nSPS) is 10.9. The molecular weight excluding hydrogens is 310 g/mol. The maximum absolute atomic E-state index is 12.5. The van der Waals surface area contributed by atoms with E-state index in [0.29, 0.717) is 17.3 Å². The van der Waals surface area contributed by atoms with E-state index in [2.05, 4.69) is 5.10 Å². The van der Waals surface area contributed by atoms with Crippen molar-refractivity contribution in [3.63, 3.8) is 0 Å². The molecule has 1 heterocycles. The first-order chi connectivity index (χ1) is 11.3. The summed E-state index contributed by atoms with van der Waals surface area (Å²) in [7, 11) is 3.15. The fourth-order valence-electron chi connectivity index (χ4n) is 2.18. The van der Waals surface area contributed by atoms with Gasteiger partial charge in [-0.2, -0.15) is 5.10 Å². The number of ether oxygens (including phenoxy) is 1. The third kappa shape index (κ3) is 3.79. The van der Waals surface area contributed by atoms with Gasteiger partial charge in [-0.15, -0.1) is 0 Å². The first-order valence-electron chi connectivity index (χ1n) is 7.68. The van der Waals surface area contributed by atoms with Crippen LogP contribution in [0.4, 0.5) is 0 Å². The van der Waals surface area contributed by atoms with Crippen molar-refractivity contribution in [2.75, 3.05) is 20.7 Å². The Kier molecular flexibility index (Phi) is 5.33. The number of carbonyl (C=O) groups is 2.